The number of thiazole rings is 1. The first kappa shape index (κ1) is 14.0. The van der Waals surface area contributed by atoms with Gasteiger partial charge in [-0.3, -0.25) is 0 Å². The van der Waals surface area contributed by atoms with Crippen LogP contribution < -0.4 is 10.5 Å². The van der Waals surface area contributed by atoms with Crippen molar-refractivity contribution in [3.8, 4) is 0 Å². The third-order valence-electron chi connectivity index (χ3n) is 1.87. The lowest BCUT2D eigenvalue weighted by Gasteiger charge is -2.10. The van der Waals surface area contributed by atoms with Crippen LogP contribution in [0.2, 0.25) is 0 Å². The number of carbonyl (C=O) groups excluding carboxylic acids is 1. The van der Waals surface area contributed by atoms with Gasteiger partial charge in [-0.2, -0.15) is 0 Å². The predicted octanol–water partition coefficient (Wildman–Crippen LogP) is -0.445. The third-order valence-corrected chi connectivity index (χ3v) is 4.83. The Morgan fingerprint density at radius 1 is 1.71 bits per heavy atom. The number of nitrogens with one attached hydrogen (secondary N) is 1. The van der Waals surface area contributed by atoms with E-state index in [0.717, 1.165) is 18.4 Å². The number of carbonyl (C=O) groups is 1. The van der Waals surface area contributed by atoms with Gasteiger partial charge in [0, 0.05) is 12.6 Å². The number of nitrogens with two attached hydrogens (primary N) is 1. The molecule has 1 heterocycles. The van der Waals surface area contributed by atoms with E-state index in [1.165, 1.54) is 5.51 Å². The van der Waals surface area contributed by atoms with Crippen molar-refractivity contribution in [2.24, 2.45) is 5.73 Å². The van der Waals surface area contributed by atoms with Crippen LogP contribution in [0.15, 0.2) is 9.72 Å². The van der Waals surface area contributed by atoms with Gasteiger partial charge in [0.15, 0.2) is 9.90 Å². The minimum absolute atomic E-state index is 0.158. The maximum Gasteiger partial charge on any atom is 0.358 e. The highest BCUT2D eigenvalue weighted by molar-refractivity contribution is 7.91. The van der Waals surface area contributed by atoms with Crippen molar-refractivity contribution in [3.63, 3.8) is 0 Å². The van der Waals surface area contributed by atoms with Gasteiger partial charge in [-0.1, -0.05) is 0 Å². The summed E-state index contributed by atoms with van der Waals surface area (Å²) in [6.07, 6.45) is 0. The van der Waals surface area contributed by atoms with Crippen molar-refractivity contribution >= 4 is 27.3 Å². The Hall–Kier alpha value is -1.03. The molecule has 1 rings (SSSR count). The Balaban J connectivity index is 3.08. The van der Waals surface area contributed by atoms with Crippen LogP contribution in [0, 0.1) is 0 Å². The maximum absolute atomic E-state index is 11.9. The summed E-state index contributed by atoms with van der Waals surface area (Å²) in [7, 11) is -2.63. The topological polar surface area (TPSA) is 111 Å². The summed E-state index contributed by atoms with van der Waals surface area (Å²) in [4.78, 5) is 15.0. The molecule has 1 atom stereocenters. The number of aromatic nitrogens is 1. The van der Waals surface area contributed by atoms with Crippen molar-refractivity contribution in [2.45, 2.75) is 17.2 Å². The molecular weight excluding hydrogens is 266 g/mol. The number of methoxy groups -OCH3 is 1. The van der Waals surface area contributed by atoms with Crippen LogP contribution in [0.5, 0.6) is 0 Å². The molecule has 0 aromatic carbocycles. The number of esters is 1. The fourth-order valence-electron chi connectivity index (χ4n) is 1.03. The number of sulfonamides is 1. The first-order valence-electron chi connectivity index (χ1n) is 4.66. The molecule has 0 saturated carbocycles. The second-order valence-corrected chi connectivity index (χ2v) is 6.00. The molecule has 17 heavy (non-hydrogen) atoms. The second-order valence-electron chi connectivity index (χ2n) is 3.24. The summed E-state index contributed by atoms with van der Waals surface area (Å²) in [6, 6.07) is -0.424. The van der Waals surface area contributed by atoms with Crippen molar-refractivity contribution < 1.29 is 17.9 Å². The van der Waals surface area contributed by atoms with Gasteiger partial charge < -0.3 is 10.5 Å². The summed E-state index contributed by atoms with van der Waals surface area (Å²) < 4.78 is 30.4. The fraction of sp³-hybridized carbons (Fsp3) is 0.500. The molecule has 0 aliphatic heterocycles. The van der Waals surface area contributed by atoms with E-state index in [9.17, 15) is 13.2 Å². The van der Waals surface area contributed by atoms with Crippen molar-refractivity contribution in [2.75, 3.05) is 13.7 Å². The third kappa shape index (κ3) is 3.22. The molecule has 0 aliphatic rings. The molecule has 96 valence electrons. The normalized spacial score (nSPS) is 13.4. The SMILES string of the molecule is COC(=O)c1ncsc1S(=O)(=O)N[C@H](C)CN. The molecule has 0 amide bonds. The van der Waals surface area contributed by atoms with Crippen molar-refractivity contribution in [3.05, 3.63) is 11.2 Å². The first-order valence-corrected chi connectivity index (χ1v) is 7.03. The average Bonchev–Trinajstić information content (AvgIpc) is 2.76. The van der Waals surface area contributed by atoms with E-state index < -0.39 is 22.0 Å². The predicted molar refractivity (Wildman–Crippen MR) is 62.3 cm³/mol. The molecule has 0 spiro atoms. The maximum atomic E-state index is 11.9. The number of ether oxygens (including phenoxy) is 1. The molecule has 1 aromatic rings. The zero-order valence-electron chi connectivity index (χ0n) is 9.34. The van der Waals surface area contributed by atoms with E-state index in [4.69, 9.17) is 5.73 Å². The highest BCUT2D eigenvalue weighted by atomic mass is 32.2. The smallest absolute Gasteiger partial charge is 0.358 e. The van der Waals surface area contributed by atoms with Crippen LogP contribution in [0.1, 0.15) is 17.4 Å². The Morgan fingerprint density at radius 2 is 2.35 bits per heavy atom. The molecule has 1 aromatic heterocycles. The molecule has 0 radical (unpaired) electrons. The van der Waals surface area contributed by atoms with Gasteiger partial charge in [0.05, 0.1) is 12.6 Å². The van der Waals surface area contributed by atoms with E-state index >= 15 is 0 Å². The lowest BCUT2D eigenvalue weighted by Crippen LogP contribution is -2.38. The molecule has 9 heteroatoms. The minimum atomic E-state index is -3.79. The van der Waals surface area contributed by atoms with Gasteiger partial charge in [0.25, 0.3) is 10.0 Å². The highest BCUT2D eigenvalue weighted by Crippen LogP contribution is 2.20. The lowest BCUT2D eigenvalue weighted by molar-refractivity contribution is 0.0590. The Morgan fingerprint density at radius 3 is 2.88 bits per heavy atom. The quantitative estimate of drug-likeness (QED) is 0.706. The van der Waals surface area contributed by atoms with E-state index in [1.54, 1.807) is 6.92 Å². The molecule has 7 nitrogen and oxygen atoms in total. The molecule has 0 bridgehead atoms. The van der Waals surface area contributed by atoms with Gasteiger partial charge in [-0.25, -0.2) is 22.9 Å². The average molecular weight is 279 g/mol. The minimum Gasteiger partial charge on any atom is -0.464 e. The van der Waals surface area contributed by atoms with Crippen LogP contribution in [0.25, 0.3) is 0 Å². The number of hydrogen-bond donors (Lipinski definition) is 2. The Labute approximate surface area is 103 Å². The Kier molecular flexibility index (Phi) is 4.57. The zero-order valence-corrected chi connectivity index (χ0v) is 11.0. The van der Waals surface area contributed by atoms with Gasteiger partial charge in [-0.05, 0) is 6.92 Å². The van der Waals surface area contributed by atoms with Gasteiger partial charge in [-0.15, -0.1) is 11.3 Å². The molecule has 0 unspecified atom stereocenters. The summed E-state index contributed by atoms with van der Waals surface area (Å²) in [5, 5.41) is 0. The van der Waals surface area contributed by atoms with Crippen LogP contribution in [0.3, 0.4) is 0 Å². The lowest BCUT2D eigenvalue weighted by atomic mass is 10.4. The van der Waals surface area contributed by atoms with Crippen LogP contribution in [-0.2, 0) is 14.8 Å². The second kappa shape index (κ2) is 5.54. The zero-order chi connectivity index (χ0) is 13.1. The fourth-order valence-corrected chi connectivity index (χ4v) is 3.43. The van der Waals surface area contributed by atoms with Crippen LogP contribution in [-0.4, -0.2) is 39.1 Å². The molecule has 0 aliphatic carbocycles. The van der Waals surface area contributed by atoms with E-state index in [-0.39, 0.29) is 16.4 Å². The van der Waals surface area contributed by atoms with Crippen molar-refractivity contribution in [1.29, 1.82) is 0 Å². The largest absolute Gasteiger partial charge is 0.464 e. The monoisotopic (exact) mass is 279 g/mol. The molecular formula is C8H13N3O4S2. The first-order chi connectivity index (χ1) is 7.92. The van der Waals surface area contributed by atoms with Crippen LogP contribution in [0.4, 0.5) is 0 Å². The summed E-state index contributed by atoms with van der Waals surface area (Å²) in [5.74, 6) is -0.785. The highest BCUT2D eigenvalue weighted by Gasteiger charge is 2.27. The van der Waals surface area contributed by atoms with Gasteiger partial charge in [0.1, 0.15) is 0 Å². The summed E-state index contributed by atoms with van der Waals surface area (Å²) >= 11 is 0.849. The summed E-state index contributed by atoms with van der Waals surface area (Å²) in [5.41, 5.74) is 6.38. The van der Waals surface area contributed by atoms with Crippen molar-refractivity contribution in [1.82, 2.24) is 9.71 Å². The Bertz CT molecular complexity index is 497. The summed E-state index contributed by atoms with van der Waals surface area (Å²) in [6.45, 7) is 1.78. The molecule has 0 saturated heterocycles. The van der Waals surface area contributed by atoms with Crippen LogP contribution >= 0.6 is 11.3 Å². The van der Waals surface area contributed by atoms with E-state index in [0.29, 0.717) is 0 Å². The van der Waals surface area contributed by atoms with E-state index in [1.807, 2.05) is 0 Å². The number of rotatable bonds is 5. The standard InChI is InChI=1S/C8H13N3O4S2/c1-5(3-9)11-17(13,14)8-6(7(12)15-2)10-4-16-8/h4-5,11H,3,9H2,1-2H3/t5-/m1/s1. The number of nitrogens with zero attached hydrogens (tertiary/aromatic N) is 1. The molecule has 0 fully saturated rings. The number of hydrogen-bond acceptors (Lipinski definition) is 7. The van der Waals surface area contributed by atoms with E-state index in [2.05, 4.69) is 14.4 Å². The van der Waals surface area contributed by atoms with Gasteiger partial charge >= 0.3 is 5.97 Å². The molecule has 3 N–H and O–H groups in total. The van der Waals surface area contributed by atoms with Gasteiger partial charge in [0.2, 0.25) is 0 Å².